The second-order valence-corrected chi connectivity index (χ2v) is 8.93. The third kappa shape index (κ3) is 4.71. The lowest BCUT2D eigenvalue weighted by molar-refractivity contribution is -0.162. The molecular formula is C26H29NO4. The Morgan fingerprint density at radius 3 is 2.35 bits per heavy atom. The van der Waals surface area contributed by atoms with E-state index in [0.717, 1.165) is 30.4 Å². The molecule has 31 heavy (non-hydrogen) atoms. The van der Waals surface area contributed by atoms with Crippen molar-refractivity contribution in [2.45, 2.75) is 52.1 Å². The quantitative estimate of drug-likeness (QED) is 0.698. The van der Waals surface area contributed by atoms with Gasteiger partial charge < -0.3 is 10.1 Å². The molecule has 0 heterocycles. The number of carbonyl (C=O) groups excluding carboxylic acids is 3. The van der Waals surface area contributed by atoms with Crippen molar-refractivity contribution < 1.29 is 19.1 Å². The molecule has 0 spiro atoms. The van der Waals surface area contributed by atoms with E-state index < -0.39 is 6.10 Å². The van der Waals surface area contributed by atoms with Crippen LogP contribution >= 0.6 is 0 Å². The smallest absolute Gasteiger partial charge is 0.310 e. The second kappa shape index (κ2) is 9.04. The monoisotopic (exact) mass is 419 g/mol. The van der Waals surface area contributed by atoms with Crippen LogP contribution in [0.25, 0.3) is 0 Å². The summed E-state index contributed by atoms with van der Waals surface area (Å²) in [6.07, 6.45) is 2.80. The predicted molar refractivity (Wildman–Crippen MR) is 118 cm³/mol. The van der Waals surface area contributed by atoms with Crippen LogP contribution in [-0.2, 0) is 19.1 Å². The van der Waals surface area contributed by atoms with Crippen molar-refractivity contribution in [3.05, 3.63) is 65.2 Å². The Morgan fingerprint density at radius 2 is 1.68 bits per heavy atom. The second-order valence-electron chi connectivity index (χ2n) is 8.93. The number of fused-ring (bicyclic) bond motifs is 2. The van der Waals surface area contributed by atoms with E-state index >= 15 is 0 Å². The molecule has 2 aliphatic carbocycles. The first kappa shape index (κ1) is 21.3. The number of nitrogens with one attached hydrogen (secondary N) is 1. The number of hydrogen-bond acceptors (Lipinski definition) is 4. The molecule has 4 atom stereocenters. The van der Waals surface area contributed by atoms with Crippen LogP contribution in [0.2, 0.25) is 0 Å². The Labute approximate surface area is 183 Å². The highest BCUT2D eigenvalue weighted by molar-refractivity contribution is 5.97. The van der Waals surface area contributed by atoms with E-state index in [-0.39, 0.29) is 29.6 Å². The maximum Gasteiger partial charge on any atom is 0.310 e. The van der Waals surface area contributed by atoms with Crippen LogP contribution < -0.4 is 5.32 Å². The van der Waals surface area contributed by atoms with Gasteiger partial charge in [0.05, 0.1) is 5.92 Å². The summed E-state index contributed by atoms with van der Waals surface area (Å²) in [7, 11) is 0. The number of esters is 1. The predicted octanol–water partition coefficient (Wildman–Crippen LogP) is 4.92. The van der Waals surface area contributed by atoms with Gasteiger partial charge in [-0.05, 0) is 56.7 Å². The Balaban J connectivity index is 1.53. The molecule has 2 bridgehead atoms. The molecule has 5 nitrogen and oxygen atoms in total. The van der Waals surface area contributed by atoms with Gasteiger partial charge in [0, 0.05) is 23.1 Å². The van der Waals surface area contributed by atoms with Crippen LogP contribution in [0.1, 0.15) is 54.9 Å². The maximum absolute atomic E-state index is 13.2. The molecule has 2 aromatic carbocycles. The maximum atomic E-state index is 13.2. The molecule has 4 rings (SSSR count). The number of Topliss-reactive ketones (excluding diaryl/α,β-unsaturated/α-hetero) is 1. The average Bonchev–Trinajstić information content (AvgIpc) is 2.74. The van der Waals surface area contributed by atoms with Gasteiger partial charge in [0.1, 0.15) is 5.78 Å². The first-order chi connectivity index (χ1) is 14.9. The third-order valence-electron chi connectivity index (χ3n) is 6.61. The summed E-state index contributed by atoms with van der Waals surface area (Å²) in [6.45, 7) is 3.89. The molecule has 162 valence electrons. The van der Waals surface area contributed by atoms with Gasteiger partial charge in [-0.25, -0.2) is 0 Å². The van der Waals surface area contributed by atoms with E-state index in [1.54, 1.807) is 12.1 Å². The molecular weight excluding hydrogens is 390 g/mol. The summed E-state index contributed by atoms with van der Waals surface area (Å²) in [6, 6.07) is 14.9. The van der Waals surface area contributed by atoms with E-state index in [0.29, 0.717) is 29.9 Å². The topological polar surface area (TPSA) is 72.5 Å². The Morgan fingerprint density at radius 1 is 1.00 bits per heavy atom. The summed E-state index contributed by atoms with van der Waals surface area (Å²) in [5, 5.41) is 2.93. The summed E-state index contributed by atoms with van der Waals surface area (Å²) in [4.78, 5) is 38.7. The number of anilines is 1. The van der Waals surface area contributed by atoms with Crippen molar-refractivity contribution in [1.29, 1.82) is 0 Å². The summed E-state index contributed by atoms with van der Waals surface area (Å²) in [5.74, 6) is -0.849. The van der Waals surface area contributed by atoms with Gasteiger partial charge in [-0.1, -0.05) is 48.9 Å². The van der Waals surface area contributed by atoms with Gasteiger partial charge >= 0.3 is 5.97 Å². The van der Waals surface area contributed by atoms with E-state index in [1.807, 2.05) is 50.2 Å². The van der Waals surface area contributed by atoms with Gasteiger partial charge in [0.25, 0.3) is 5.91 Å². The van der Waals surface area contributed by atoms with E-state index in [2.05, 4.69) is 5.32 Å². The molecule has 2 saturated carbocycles. The molecule has 2 fully saturated rings. The van der Waals surface area contributed by atoms with Crippen molar-refractivity contribution in [2.24, 2.45) is 17.8 Å². The van der Waals surface area contributed by atoms with Crippen LogP contribution in [0.15, 0.2) is 48.5 Å². The first-order valence-corrected chi connectivity index (χ1v) is 11.1. The van der Waals surface area contributed by atoms with Gasteiger partial charge in [0.15, 0.2) is 0 Å². The van der Waals surface area contributed by atoms with Crippen LogP contribution in [-0.4, -0.2) is 17.7 Å². The summed E-state index contributed by atoms with van der Waals surface area (Å²) >= 11 is 0. The number of hydrogen-bond donors (Lipinski definition) is 1. The number of rotatable bonds is 5. The molecule has 2 aromatic rings. The number of carbonyl (C=O) groups is 3. The van der Waals surface area contributed by atoms with Gasteiger partial charge in [-0.3, -0.25) is 14.4 Å². The molecule has 0 saturated heterocycles. The van der Waals surface area contributed by atoms with Crippen molar-refractivity contribution in [2.75, 3.05) is 5.32 Å². The number of benzene rings is 2. The van der Waals surface area contributed by atoms with Crippen molar-refractivity contribution in [3.8, 4) is 0 Å². The number of ether oxygens (including phenoxy) is 1. The van der Waals surface area contributed by atoms with Crippen LogP contribution in [0.5, 0.6) is 0 Å². The molecule has 2 aliphatic rings. The number of aryl methyl sites for hydroxylation is 2. The molecule has 0 radical (unpaired) electrons. The molecule has 0 aliphatic heterocycles. The SMILES string of the molecule is Cc1ccc(C)c(NC(=O)[C@@H](OC(=O)C2C[C@H]3CCC[C@@H](C2)C3=O)c2ccccc2)c1. The minimum atomic E-state index is -1.04. The fourth-order valence-electron chi connectivity index (χ4n) is 4.85. The lowest BCUT2D eigenvalue weighted by atomic mass is 9.67. The highest BCUT2D eigenvalue weighted by atomic mass is 16.5. The largest absolute Gasteiger partial charge is 0.447 e. The van der Waals surface area contributed by atoms with Crippen molar-refractivity contribution in [3.63, 3.8) is 0 Å². The van der Waals surface area contributed by atoms with Crippen LogP contribution in [0.3, 0.4) is 0 Å². The van der Waals surface area contributed by atoms with Crippen molar-refractivity contribution >= 4 is 23.3 Å². The average molecular weight is 420 g/mol. The van der Waals surface area contributed by atoms with Gasteiger partial charge in [-0.2, -0.15) is 0 Å². The van der Waals surface area contributed by atoms with Gasteiger partial charge in [-0.15, -0.1) is 0 Å². The minimum absolute atomic E-state index is 0.0380. The summed E-state index contributed by atoms with van der Waals surface area (Å²) in [5.41, 5.74) is 3.31. The van der Waals surface area contributed by atoms with E-state index in [1.165, 1.54) is 0 Å². The zero-order chi connectivity index (χ0) is 22.0. The number of amides is 1. The Kier molecular flexibility index (Phi) is 6.21. The Hall–Kier alpha value is -2.95. The lowest BCUT2D eigenvalue weighted by Crippen LogP contribution is -2.40. The zero-order valence-corrected chi connectivity index (χ0v) is 18.1. The standard InChI is InChI=1S/C26H29NO4/c1-16-11-12-17(2)22(13-16)27-25(29)24(18-7-4-3-5-8-18)31-26(30)21-14-19-9-6-10-20(15-21)23(19)28/h3-5,7-8,11-13,19-21,24H,6,9-10,14-15H2,1-2H3,(H,27,29)/t19-,20+,21?,24-/m0/s1. The molecule has 1 N–H and O–H groups in total. The van der Waals surface area contributed by atoms with Crippen LogP contribution in [0, 0.1) is 31.6 Å². The summed E-state index contributed by atoms with van der Waals surface area (Å²) < 4.78 is 5.82. The fraction of sp³-hybridized carbons (Fsp3) is 0.423. The molecule has 1 unspecified atom stereocenters. The van der Waals surface area contributed by atoms with Crippen molar-refractivity contribution in [1.82, 2.24) is 0 Å². The highest BCUT2D eigenvalue weighted by Gasteiger charge is 2.42. The highest BCUT2D eigenvalue weighted by Crippen LogP contribution is 2.41. The molecule has 0 aromatic heterocycles. The third-order valence-corrected chi connectivity index (χ3v) is 6.61. The molecule has 1 amide bonds. The van der Waals surface area contributed by atoms with Crippen LogP contribution in [0.4, 0.5) is 5.69 Å². The minimum Gasteiger partial charge on any atom is -0.447 e. The Bertz CT molecular complexity index is 968. The lowest BCUT2D eigenvalue weighted by Gasteiger charge is -2.36. The first-order valence-electron chi connectivity index (χ1n) is 11.1. The fourth-order valence-corrected chi connectivity index (χ4v) is 4.85. The normalized spacial score (nSPS) is 23.7. The van der Waals surface area contributed by atoms with E-state index in [4.69, 9.17) is 4.74 Å². The molecule has 5 heteroatoms. The van der Waals surface area contributed by atoms with Gasteiger partial charge in [0.2, 0.25) is 6.10 Å². The van der Waals surface area contributed by atoms with E-state index in [9.17, 15) is 14.4 Å². The zero-order valence-electron chi connectivity index (χ0n) is 18.1. The number of ketones is 1.